The number of hydrogen-bond acceptors (Lipinski definition) is 8. The number of hydrogen-bond donors (Lipinski definition) is 3. The van der Waals surface area contributed by atoms with Crippen LogP contribution in [-0.2, 0) is 0 Å². The zero-order valence-electron chi connectivity index (χ0n) is 18.1. The molecule has 172 valence electrons. The molecule has 3 heterocycles. The highest BCUT2D eigenvalue weighted by molar-refractivity contribution is 7.96. The van der Waals surface area contributed by atoms with Crippen LogP contribution in [0.15, 0.2) is 24.7 Å². The van der Waals surface area contributed by atoms with Crippen LogP contribution in [0.1, 0.15) is 25.6 Å². The van der Waals surface area contributed by atoms with E-state index in [1.807, 2.05) is 12.3 Å². The number of rotatable bonds is 9. The Morgan fingerprint density at radius 3 is 2.88 bits per heavy atom. The predicted octanol–water partition coefficient (Wildman–Crippen LogP) is 3.07. The number of imidazole rings is 1. The zero-order chi connectivity index (χ0) is 22.7. The molecule has 0 bridgehead atoms. The van der Waals surface area contributed by atoms with Crippen molar-refractivity contribution in [1.29, 1.82) is 5.41 Å². The number of halogens is 2. The Morgan fingerprint density at radius 2 is 2.16 bits per heavy atom. The van der Waals surface area contributed by atoms with Crippen molar-refractivity contribution in [3.8, 4) is 11.4 Å². The van der Waals surface area contributed by atoms with Crippen LogP contribution >= 0.6 is 11.9 Å². The molecule has 2 atom stereocenters. The van der Waals surface area contributed by atoms with Crippen LogP contribution in [0.3, 0.4) is 0 Å². The lowest BCUT2D eigenvalue weighted by Gasteiger charge is -2.47. The van der Waals surface area contributed by atoms with Crippen LogP contribution in [0.4, 0.5) is 14.6 Å². The molecule has 2 aromatic heterocycles. The first-order valence-corrected chi connectivity index (χ1v) is 11.9. The summed E-state index contributed by atoms with van der Waals surface area (Å²) in [5.41, 5.74) is 0.598. The van der Waals surface area contributed by atoms with E-state index in [4.69, 9.17) is 5.41 Å². The molecule has 2 fully saturated rings. The fourth-order valence-corrected chi connectivity index (χ4v) is 4.50. The number of anilines is 1. The topological polar surface area (TPSA) is 96.8 Å². The summed E-state index contributed by atoms with van der Waals surface area (Å²) < 4.78 is 28.4. The largest absolute Gasteiger partial charge is 0.351 e. The van der Waals surface area contributed by atoms with Gasteiger partial charge in [0.1, 0.15) is 18.0 Å². The monoisotopic (exact) mass is 462 g/mol. The van der Waals surface area contributed by atoms with Crippen LogP contribution in [-0.4, -0.2) is 81.0 Å². The summed E-state index contributed by atoms with van der Waals surface area (Å²) in [5, 5.41) is 7.21. The number of piperazine rings is 1. The van der Waals surface area contributed by atoms with Gasteiger partial charge in [-0.1, -0.05) is 11.9 Å². The van der Waals surface area contributed by atoms with Crippen LogP contribution in [0.5, 0.6) is 0 Å². The maximum absolute atomic E-state index is 12.5. The molecule has 0 aromatic carbocycles. The Labute approximate surface area is 190 Å². The Balaban J connectivity index is 1.51. The number of nitrogens with zero attached hydrogens (tertiary/aromatic N) is 5. The quantitative estimate of drug-likeness (QED) is 0.389. The summed E-state index contributed by atoms with van der Waals surface area (Å²) in [6, 6.07) is 3.32. The standard InChI is InChI=1S/C21H28F2N8S/c1-13-18(11-28-32-2)31(14-3-4-14)8-7-30(13)20-9-16(26-12-27-20)17-10-25-19(29-17)6-5-15(24)21(22)23/h5-6,9-10,12-14,18,21,24,28H,3-4,7-8,11H2,1-2H3,(H,25,29)/b6-5-,24-15?. The minimum Gasteiger partial charge on any atom is -0.351 e. The molecule has 0 amide bonds. The van der Waals surface area contributed by atoms with Crippen molar-refractivity contribution in [1.82, 2.24) is 29.6 Å². The molecule has 0 radical (unpaired) electrons. The molecule has 2 aromatic rings. The van der Waals surface area contributed by atoms with E-state index in [1.165, 1.54) is 18.9 Å². The van der Waals surface area contributed by atoms with E-state index in [-0.39, 0.29) is 6.04 Å². The highest BCUT2D eigenvalue weighted by atomic mass is 32.2. The molecule has 3 N–H and O–H groups in total. The molecular formula is C21H28F2N8S. The van der Waals surface area contributed by atoms with E-state index >= 15 is 0 Å². The van der Waals surface area contributed by atoms with Crippen molar-refractivity contribution in [3.63, 3.8) is 0 Å². The molecule has 32 heavy (non-hydrogen) atoms. The minimum atomic E-state index is -2.80. The van der Waals surface area contributed by atoms with Gasteiger partial charge >= 0.3 is 0 Å². The van der Waals surface area contributed by atoms with Crippen molar-refractivity contribution < 1.29 is 8.78 Å². The number of H-pyrrole nitrogens is 1. The molecule has 1 aliphatic heterocycles. The van der Waals surface area contributed by atoms with E-state index < -0.39 is 12.1 Å². The van der Waals surface area contributed by atoms with Gasteiger partial charge in [-0.15, -0.1) is 0 Å². The summed E-state index contributed by atoms with van der Waals surface area (Å²) in [6.45, 7) is 5.07. The molecule has 1 aliphatic carbocycles. The van der Waals surface area contributed by atoms with Gasteiger partial charge in [0, 0.05) is 43.8 Å². The van der Waals surface area contributed by atoms with Gasteiger partial charge in [-0.3, -0.25) is 15.0 Å². The highest BCUT2D eigenvalue weighted by Crippen LogP contribution is 2.34. The summed E-state index contributed by atoms with van der Waals surface area (Å²) in [6.07, 6.45) is 7.38. The number of nitrogens with one attached hydrogen (secondary N) is 3. The summed E-state index contributed by atoms with van der Waals surface area (Å²) in [5.74, 6) is 1.25. The maximum Gasteiger partial charge on any atom is 0.279 e. The second kappa shape index (κ2) is 10.1. The number of aromatic nitrogens is 4. The molecular weight excluding hydrogens is 434 g/mol. The lowest BCUT2D eigenvalue weighted by molar-refractivity contribution is 0.138. The Kier molecular flexibility index (Phi) is 7.17. The van der Waals surface area contributed by atoms with Crippen molar-refractivity contribution in [3.05, 3.63) is 30.5 Å². The lowest BCUT2D eigenvalue weighted by Crippen LogP contribution is -2.62. The van der Waals surface area contributed by atoms with Crippen LogP contribution in [0, 0.1) is 5.41 Å². The van der Waals surface area contributed by atoms with E-state index in [1.54, 1.807) is 24.5 Å². The van der Waals surface area contributed by atoms with Gasteiger partial charge in [0.15, 0.2) is 0 Å². The number of alkyl halides is 2. The first kappa shape index (κ1) is 22.8. The lowest BCUT2D eigenvalue weighted by atomic mass is 10.0. The van der Waals surface area contributed by atoms with Crippen LogP contribution in [0.25, 0.3) is 17.5 Å². The fourth-order valence-electron chi connectivity index (χ4n) is 4.16. The molecule has 4 rings (SSSR count). The summed E-state index contributed by atoms with van der Waals surface area (Å²) in [4.78, 5) is 21.1. The van der Waals surface area contributed by atoms with Gasteiger partial charge in [-0.2, -0.15) is 0 Å². The normalized spacial score (nSPS) is 22.2. The molecule has 1 saturated carbocycles. The van der Waals surface area contributed by atoms with Gasteiger partial charge in [0.05, 0.1) is 23.3 Å². The van der Waals surface area contributed by atoms with Crippen molar-refractivity contribution in [2.45, 2.75) is 44.3 Å². The average Bonchev–Trinajstić information content (AvgIpc) is 3.53. The summed E-state index contributed by atoms with van der Waals surface area (Å²) >= 11 is 1.65. The average molecular weight is 463 g/mol. The maximum atomic E-state index is 12.5. The smallest absolute Gasteiger partial charge is 0.279 e. The van der Waals surface area contributed by atoms with E-state index in [2.05, 4.69) is 41.4 Å². The number of aromatic amines is 1. The van der Waals surface area contributed by atoms with Crippen molar-refractivity contribution in [2.24, 2.45) is 0 Å². The van der Waals surface area contributed by atoms with Gasteiger partial charge in [-0.05, 0) is 38.2 Å². The van der Waals surface area contributed by atoms with Crippen LogP contribution < -0.4 is 9.62 Å². The Hall–Kier alpha value is -2.37. The molecule has 8 nitrogen and oxygen atoms in total. The molecule has 0 spiro atoms. The third-order valence-corrected chi connectivity index (χ3v) is 6.46. The van der Waals surface area contributed by atoms with E-state index in [0.29, 0.717) is 29.3 Å². The number of allylic oxidation sites excluding steroid dienone is 1. The van der Waals surface area contributed by atoms with Crippen LogP contribution in [0.2, 0.25) is 0 Å². The highest BCUT2D eigenvalue weighted by Gasteiger charge is 2.41. The van der Waals surface area contributed by atoms with Gasteiger partial charge in [0.25, 0.3) is 6.43 Å². The minimum absolute atomic E-state index is 0.285. The van der Waals surface area contributed by atoms with Gasteiger partial charge in [0.2, 0.25) is 0 Å². The molecule has 11 heteroatoms. The first-order chi connectivity index (χ1) is 15.5. The molecule has 2 aliphatic rings. The molecule has 1 saturated heterocycles. The first-order valence-electron chi connectivity index (χ1n) is 10.7. The van der Waals surface area contributed by atoms with E-state index in [9.17, 15) is 8.78 Å². The predicted molar refractivity (Wildman–Crippen MR) is 124 cm³/mol. The molecule has 2 unspecified atom stereocenters. The zero-order valence-corrected chi connectivity index (χ0v) is 18.9. The second-order valence-electron chi connectivity index (χ2n) is 8.06. The Morgan fingerprint density at radius 1 is 1.34 bits per heavy atom. The summed E-state index contributed by atoms with van der Waals surface area (Å²) in [7, 11) is 0. The van der Waals surface area contributed by atoms with Gasteiger partial charge < -0.3 is 9.88 Å². The third-order valence-electron chi connectivity index (χ3n) is 6.00. The van der Waals surface area contributed by atoms with Crippen molar-refractivity contribution in [2.75, 3.05) is 30.8 Å². The second-order valence-corrected chi connectivity index (χ2v) is 8.75. The SMILES string of the molecule is CSNCC1C(C)N(c2cc(-c3cnc(/C=C\C(=N)C(F)F)[nH]3)ncn2)CCN1C1CC1. The van der Waals surface area contributed by atoms with Gasteiger partial charge in [-0.25, -0.2) is 23.7 Å². The van der Waals surface area contributed by atoms with Crippen molar-refractivity contribution >= 4 is 29.6 Å². The Bertz CT molecular complexity index is 961. The third kappa shape index (κ3) is 5.16. The van der Waals surface area contributed by atoms with E-state index in [0.717, 1.165) is 31.5 Å². The fraction of sp³-hybridized carbons (Fsp3) is 0.524.